The topological polar surface area (TPSA) is 105 Å². The second kappa shape index (κ2) is 9.45. The lowest BCUT2D eigenvalue weighted by molar-refractivity contribution is -0.141. The van der Waals surface area contributed by atoms with Crippen LogP contribution in [0.4, 0.5) is 0 Å². The highest BCUT2D eigenvalue weighted by atomic mass is 16.7. The van der Waals surface area contributed by atoms with Gasteiger partial charge in [-0.3, -0.25) is 14.4 Å². The number of hydrogen-bond acceptors (Lipinski definition) is 7. The molecular weight excluding hydrogens is 392 g/mol. The summed E-state index contributed by atoms with van der Waals surface area (Å²) in [5.41, 5.74) is 2.55. The van der Waals surface area contributed by atoms with E-state index < -0.39 is 18.5 Å². The van der Waals surface area contributed by atoms with Crippen molar-refractivity contribution in [2.75, 3.05) is 33.7 Å². The van der Waals surface area contributed by atoms with Crippen LogP contribution in [0.5, 0.6) is 11.5 Å². The number of fused-ring (bicyclic) bond motifs is 1. The summed E-state index contributed by atoms with van der Waals surface area (Å²) in [6, 6.07) is 6.49. The summed E-state index contributed by atoms with van der Waals surface area (Å²) < 4.78 is 22.5. The fourth-order valence-electron chi connectivity index (χ4n) is 3.18. The van der Waals surface area contributed by atoms with E-state index in [1.165, 1.54) is 6.07 Å². The van der Waals surface area contributed by atoms with E-state index in [-0.39, 0.29) is 19.1 Å². The number of carbonyl (C=O) groups excluding carboxylic acids is 3. The lowest BCUT2D eigenvalue weighted by atomic mass is 10.1. The normalized spacial score (nSPS) is 12.0. The fourth-order valence-corrected chi connectivity index (χ4v) is 3.18. The molecule has 0 saturated heterocycles. The molecule has 0 bridgehead atoms. The zero-order valence-electron chi connectivity index (χ0n) is 17.1. The highest BCUT2D eigenvalue weighted by molar-refractivity contribution is 6.00. The third-order valence-electron chi connectivity index (χ3n) is 4.79. The molecular formula is C21H24N2O7. The van der Waals surface area contributed by atoms with Crippen LogP contribution in [0.3, 0.4) is 0 Å². The van der Waals surface area contributed by atoms with Gasteiger partial charge in [0.2, 0.25) is 12.6 Å². The summed E-state index contributed by atoms with van der Waals surface area (Å²) in [6.07, 6.45) is 0. The molecule has 1 aromatic carbocycles. The predicted molar refractivity (Wildman–Crippen MR) is 106 cm³/mol. The molecule has 1 aliphatic heterocycles. The second-order valence-corrected chi connectivity index (χ2v) is 6.76. The maximum Gasteiger partial charge on any atom is 0.325 e. The van der Waals surface area contributed by atoms with Crippen LogP contribution in [-0.2, 0) is 20.8 Å². The van der Waals surface area contributed by atoms with Gasteiger partial charge in [-0.25, -0.2) is 0 Å². The molecule has 1 aliphatic rings. The van der Waals surface area contributed by atoms with Crippen molar-refractivity contribution in [3.8, 4) is 11.5 Å². The number of aryl methyl sites for hydroxylation is 1. The van der Waals surface area contributed by atoms with Crippen molar-refractivity contribution in [3.05, 3.63) is 46.8 Å². The molecule has 0 atom stereocenters. The van der Waals surface area contributed by atoms with Gasteiger partial charge in [0.25, 0.3) is 5.91 Å². The van der Waals surface area contributed by atoms with Gasteiger partial charge < -0.3 is 28.8 Å². The summed E-state index contributed by atoms with van der Waals surface area (Å²) in [4.78, 5) is 36.6. The number of benzene rings is 1. The van der Waals surface area contributed by atoms with Gasteiger partial charge in [-0.2, -0.15) is 0 Å². The van der Waals surface area contributed by atoms with Gasteiger partial charge in [0.1, 0.15) is 6.54 Å². The first-order valence-corrected chi connectivity index (χ1v) is 9.43. The summed E-state index contributed by atoms with van der Waals surface area (Å²) in [5, 5.41) is 2.46. The number of methoxy groups -OCH3 is 1. The Morgan fingerprint density at radius 1 is 1.13 bits per heavy atom. The lowest BCUT2D eigenvalue weighted by Crippen LogP contribution is -2.31. The number of Topliss-reactive ketones (excluding diaryl/α,β-unsaturated/α-hetero) is 1. The van der Waals surface area contributed by atoms with Crippen LogP contribution in [0.1, 0.15) is 32.1 Å². The molecule has 1 aromatic heterocycles. The Morgan fingerprint density at radius 3 is 2.67 bits per heavy atom. The average Bonchev–Trinajstić information content (AvgIpc) is 3.32. The number of esters is 1. The minimum Gasteiger partial charge on any atom is -0.456 e. The summed E-state index contributed by atoms with van der Waals surface area (Å²) in [6.45, 7) is 4.26. The molecule has 160 valence electrons. The Labute approximate surface area is 173 Å². The third-order valence-corrected chi connectivity index (χ3v) is 4.79. The summed E-state index contributed by atoms with van der Waals surface area (Å²) in [7, 11) is 1.62. The molecule has 2 heterocycles. The lowest BCUT2D eigenvalue weighted by Gasteiger charge is -2.09. The van der Waals surface area contributed by atoms with Gasteiger partial charge in [0.05, 0.1) is 6.61 Å². The largest absolute Gasteiger partial charge is 0.456 e. The molecule has 9 heteroatoms. The molecule has 9 nitrogen and oxygen atoms in total. The van der Waals surface area contributed by atoms with E-state index in [4.69, 9.17) is 18.9 Å². The van der Waals surface area contributed by atoms with E-state index in [2.05, 4.69) is 5.32 Å². The molecule has 0 radical (unpaired) electrons. The summed E-state index contributed by atoms with van der Waals surface area (Å²) >= 11 is 0. The zero-order valence-corrected chi connectivity index (χ0v) is 17.1. The Hall–Kier alpha value is -3.33. The first-order valence-electron chi connectivity index (χ1n) is 9.43. The van der Waals surface area contributed by atoms with E-state index in [1.54, 1.807) is 25.3 Å². The van der Waals surface area contributed by atoms with Crippen molar-refractivity contribution in [3.63, 3.8) is 0 Å². The van der Waals surface area contributed by atoms with Crippen molar-refractivity contribution in [2.24, 2.45) is 0 Å². The van der Waals surface area contributed by atoms with E-state index in [1.807, 2.05) is 18.4 Å². The number of ether oxygens (including phenoxy) is 4. The molecule has 0 aliphatic carbocycles. The number of carbonyl (C=O) groups is 3. The number of amides is 1. The number of nitrogens with zero attached hydrogens (tertiary/aromatic N) is 1. The Bertz CT molecular complexity index is 965. The van der Waals surface area contributed by atoms with Crippen LogP contribution >= 0.6 is 0 Å². The van der Waals surface area contributed by atoms with Crippen LogP contribution in [0, 0.1) is 13.8 Å². The zero-order chi connectivity index (χ0) is 21.7. The molecule has 0 unspecified atom stereocenters. The van der Waals surface area contributed by atoms with Gasteiger partial charge in [0.15, 0.2) is 18.1 Å². The van der Waals surface area contributed by atoms with Gasteiger partial charge >= 0.3 is 5.97 Å². The monoisotopic (exact) mass is 416 g/mol. The fraction of sp³-hybridized carbons (Fsp3) is 0.381. The maximum atomic E-state index is 12.4. The minimum atomic E-state index is -0.703. The molecule has 3 rings (SSSR count). The van der Waals surface area contributed by atoms with Crippen LogP contribution in [0.2, 0.25) is 0 Å². The Balaban J connectivity index is 1.49. The van der Waals surface area contributed by atoms with Crippen LogP contribution in [0.25, 0.3) is 0 Å². The highest BCUT2D eigenvalue weighted by Crippen LogP contribution is 2.32. The highest BCUT2D eigenvalue weighted by Gasteiger charge is 2.19. The van der Waals surface area contributed by atoms with E-state index in [9.17, 15) is 14.4 Å². The molecule has 0 saturated carbocycles. The number of ketones is 1. The van der Waals surface area contributed by atoms with Crippen LogP contribution in [-0.4, -0.2) is 55.9 Å². The van der Waals surface area contributed by atoms with Crippen molar-refractivity contribution in [1.29, 1.82) is 0 Å². The van der Waals surface area contributed by atoms with Gasteiger partial charge in [0, 0.05) is 36.2 Å². The van der Waals surface area contributed by atoms with Crippen molar-refractivity contribution < 1.29 is 33.3 Å². The smallest absolute Gasteiger partial charge is 0.325 e. The Kier molecular flexibility index (Phi) is 6.73. The minimum absolute atomic E-state index is 0.107. The van der Waals surface area contributed by atoms with Crippen LogP contribution in [0.15, 0.2) is 24.3 Å². The summed E-state index contributed by atoms with van der Waals surface area (Å²) in [5.74, 6) is -0.434. The van der Waals surface area contributed by atoms with Gasteiger partial charge in [-0.1, -0.05) is 0 Å². The van der Waals surface area contributed by atoms with Crippen molar-refractivity contribution in [2.45, 2.75) is 20.4 Å². The van der Waals surface area contributed by atoms with Gasteiger partial charge in [-0.15, -0.1) is 0 Å². The number of rotatable bonds is 9. The molecule has 0 spiro atoms. The number of aromatic nitrogens is 1. The maximum absolute atomic E-state index is 12.4. The molecule has 0 fully saturated rings. The number of nitrogens with one attached hydrogen (secondary N) is 1. The molecule has 1 amide bonds. The molecule has 1 N–H and O–H groups in total. The first kappa shape index (κ1) is 21.4. The van der Waals surface area contributed by atoms with Crippen molar-refractivity contribution in [1.82, 2.24) is 9.88 Å². The van der Waals surface area contributed by atoms with Gasteiger partial charge in [-0.05, 0) is 38.1 Å². The van der Waals surface area contributed by atoms with E-state index in [0.717, 1.165) is 11.4 Å². The van der Waals surface area contributed by atoms with E-state index >= 15 is 0 Å². The van der Waals surface area contributed by atoms with Crippen molar-refractivity contribution >= 4 is 17.7 Å². The molecule has 2 aromatic rings. The van der Waals surface area contributed by atoms with E-state index in [0.29, 0.717) is 35.8 Å². The third kappa shape index (κ3) is 4.80. The first-order chi connectivity index (χ1) is 14.4. The number of hydrogen-bond donors (Lipinski definition) is 1. The SMILES string of the molecule is COCCn1c(C)cc(C(=O)COC(=O)CNC(=O)c2ccc3c(c2)OCO3)c1C. The predicted octanol–water partition coefficient (Wildman–Crippen LogP) is 1.64. The van der Waals surface area contributed by atoms with Crippen LogP contribution < -0.4 is 14.8 Å². The second-order valence-electron chi connectivity index (χ2n) is 6.76. The quantitative estimate of drug-likeness (QED) is 0.489. The average molecular weight is 416 g/mol. The molecule has 30 heavy (non-hydrogen) atoms. The standard InChI is InChI=1S/C21H24N2O7/c1-13-8-16(14(2)23(13)6-7-27-3)17(24)11-28-20(25)10-22-21(26)15-4-5-18-19(9-15)30-12-29-18/h4-5,8-9H,6-7,10-12H2,1-3H3,(H,22,26). The Morgan fingerprint density at radius 2 is 1.90 bits per heavy atom.